The van der Waals surface area contributed by atoms with Crippen molar-refractivity contribution in [1.29, 1.82) is 0 Å². The molecule has 0 unspecified atom stereocenters. The molecular weight excluding hydrogens is 320 g/mol. The van der Waals surface area contributed by atoms with E-state index in [4.69, 9.17) is 4.74 Å². The third kappa shape index (κ3) is 7.05. The van der Waals surface area contributed by atoms with Crippen LogP contribution in [0.3, 0.4) is 0 Å². The number of carbonyl (C=O) groups is 2. The fourth-order valence-corrected chi connectivity index (χ4v) is 2.24. The minimum absolute atomic E-state index is 0.102. The minimum atomic E-state index is -1.09. The van der Waals surface area contributed by atoms with Gasteiger partial charge >= 0.3 is 12.1 Å². The summed E-state index contributed by atoms with van der Waals surface area (Å²) in [6.07, 6.45) is -0.470. The zero-order chi connectivity index (χ0) is 17.9. The second-order valence-electron chi connectivity index (χ2n) is 5.55. The molecule has 132 valence electrons. The van der Waals surface area contributed by atoms with Crippen molar-refractivity contribution in [3.05, 3.63) is 71.8 Å². The van der Waals surface area contributed by atoms with Crippen molar-refractivity contribution in [2.24, 2.45) is 0 Å². The van der Waals surface area contributed by atoms with Crippen LogP contribution in [0.1, 0.15) is 17.5 Å². The van der Waals surface area contributed by atoms with Gasteiger partial charge in [0.1, 0.15) is 12.6 Å². The molecule has 0 heterocycles. The van der Waals surface area contributed by atoms with E-state index in [1.807, 2.05) is 60.7 Å². The Bertz CT molecular complexity index is 662. The Morgan fingerprint density at radius 1 is 0.960 bits per heavy atom. The zero-order valence-corrected chi connectivity index (χ0v) is 13.9. The van der Waals surface area contributed by atoms with Crippen molar-refractivity contribution < 1.29 is 19.4 Å². The summed E-state index contributed by atoms with van der Waals surface area (Å²) in [7, 11) is 0. The molecule has 0 saturated carbocycles. The van der Waals surface area contributed by atoms with Crippen LogP contribution < -0.4 is 10.6 Å². The normalized spacial score (nSPS) is 11.5. The Morgan fingerprint density at radius 3 is 2.16 bits per heavy atom. The molecule has 6 heteroatoms. The largest absolute Gasteiger partial charge is 0.480 e. The van der Waals surface area contributed by atoms with Crippen molar-refractivity contribution in [2.75, 3.05) is 6.54 Å². The molecule has 25 heavy (non-hydrogen) atoms. The first kappa shape index (κ1) is 18.5. The van der Waals surface area contributed by atoms with Crippen LogP contribution in [0, 0.1) is 0 Å². The van der Waals surface area contributed by atoms with E-state index < -0.39 is 18.1 Å². The average Bonchev–Trinajstić information content (AvgIpc) is 2.64. The van der Waals surface area contributed by atoms with Crippen molar-refractivity contribution in [3.63, 3.8) is 0 Å². The SMILES string of the molecule is O=C(N[C@@H](CCNCc1ccccc1)C(=O)O)OCc1ccccc1. The van der Waals surface area contributed by atoms with Gasteiger partial charge in [0.2, 0.25) is 0 Å². The highest BCUT2D eigenvalue weighted by atomic mass is 16.5. The van der Waals surface area contributed by atoms with Gasteiger partial charge in [0.25, 0.3) is 0 Å². The van der Waals surface area contributed by atoms with Crippen molar-refractivity contribution in [3.8, 4) is 0 Å². The molecule has 0 fully saturated rings. The maximum Gasteiger partial charge on any atom is 0.408 e. The van der Waals surface area contributed by atoms with Gasteiger partial charge in [0.15, 0.2) is 0 Å². The summed E-state index contributed by atoms with van der Waals surface area (Å²) in [5, 5.41) is 14.8. The van der Waals surface area contributed by atoms with E-state index in [1.54, 1.807) is 0 Å². The van der Waals surface area contributed by atoms with Gasteiger partial charge in [0.05, 0.1) is 0 Å². The second kappa shape index (κ2) is 10.1. The van der Waals surface area contributed by atoms with Gasteiger partial charge in [-0.1, -0.05) is 60.7 Å². The Kier molecular flexibility index (Phi) is 7.46. The lowest BCUT2D eigenvalue weighted by Crippen LogP contribution is -2.42. The van der Waals surface area contributed by atoms with Gasteiger partial charge < -0.3 is 20.5 Å². The predicted molar refractivity (Wildman–Crippen MR) is 94.0 cm³/mol. The average molecular weight is 342 g/mol. The fourth-order valence-electron chi connectivity index (χ4n) is 2.24. The monoisotopic (exact) mass is 342 g/mol. The quantitative estimate of drug-likeness (QED) is 0.610. The van der Waals surface area contributed by atoms with E-state index in [0.717, 1.165) is 11.1 Å². The number of alkyl carbamates (subject to hydrolysis) is 1. The van der Waals surface area contributed by atoms with Gasteiger partial charge in [-0.3, -0.25) is 0 Å². The van der Waals surface area contributed by atoms with Crippen molar-refractivity contribution in [1.82, 2.24) is 10.6 Å². The molecule has 0 bridgehead atoms. The summed E-state index contributed by atoms with van der Waals surface area (Å²) in [6, 6.07) is 18.0. The third-order valence-corrected chi connectivity index (χ3v) is 3.58. The molecule has 1 atom stereocenters. The molecule has 0 aliphatic carbocycles. The van der Waals surface area contributed by atoms with Crippen LogP contribution in [0.15, 0.2) is 60.7 Å². The molecule has 2 rings (SSSR count). The molecule has 1 amide bonds. The van der Waals surface area contributed by atoms with E-state index in [2.05, 4.69) is 10.6 Å². The molecule has 0 spiro atoms. The lowest BCUT2D eigenvalue weighted by Gasteiger charge is -2.15. The van der Waals surface area contributed by atoms with Crippen molar-refractivity contribution >= 4 is 12.1 Å². The Hall–Kier alpha value is -2.86. The summed E-state index contributed by atoms with van der Waals surface area (Å²) in [4.78, 5) is 23.0. The summed E-state index contributed by atoms with van der Waals surface area (Å²) >= 11 is 0. The van der Waals surface area contributed by atoms with E-state index >= 15 is 0 Å². The van der Waals surface area contributed by atoms with E-state index in [9.17, 15) is 14.7 Å². The van der Waals surface area contributed by atoms with Gasteiger partial charge in [-0.15, -0.1) is 0 Å². The number of benzene rings is 2. The summed E-state index contributed by atoms with van der Waals surface area (Å²) < 4.78 is 5.05. The van der Waals surface area contributed by atoms with Crippen LogP contribution in [0.25, 0.3) is 0 Å². The predicted octanol–water partition coefficient (Wildman–Crippen LogP) is 2.55. The molecule has 0 saturated heterocycles. The summed E-state index contributed by atoms with van der Waals surface area (Å²) in [6.45, 7) is 1.21. The standard InChI is InChI=1S/C19H22N2O4/c22-18(23)17(11-12-20-13-15-7-3-1-4-8-15)21-19(24)25-14-16-9-5-2-6-10-16/h1-10,17,20H,11-14H2,(H,21,24)(H,22,23)/t17-/m0/s1. The molecule has 2 aromatic rings. The maximum atomic E-state index is 11.8. The first-order valence-corrected chi connectivity index (χ1v) is 8.10. The molecule has 0 radical (unpaired) electrons. The lowest BCUT2D eigenvalue weighted by atomic mass is 10.2. The van der Waals surface area contributed by atoms with E-state index in [1.165, 1.54) is 0 Å². The summed E-state index contributed by atoms with van der Waals surface area (Å²) in [5.41, 5.74) is 1.96. The molecule has 0 aromatic heterocycles. The smallest absolute Gasteiger partial charge is 0.408 e. The number of carbonyl (C=O) groups excluding carboxylic acids is 1. The van der Waals surface area contributed by atoms with Crippen LogP contribution in [0.4, 0.5) is 4.79 Å². The van der Waals surface area contributed by atoms with Crippen LogP contribution >= 0.6 is 0 Å². The number of rotatable bonds is 9. The fraction of sp³-hybridized carbons (Fsp3) is 0.263. The van der Waals surface area contributed by atoms with E-state index in [0.29, 0.717) is 13.1 Å². The molecule has 2 aromatic carbocycles. The number of hydrogen-bond acceptors (Lipinski definition) is 4. The first-order valence-electron chi connectivity index (χ1n) is 8.10. The minimum Gasteiger partial charge on any atom is -0.480 e. The Balaban J connectivity index is 1.70. The number of hydrogen-bond donors (Lipinski definition) is 3. The van der Waals surface area contributed by atoms with Gasteiger partial charge in [-0.05, 0) is 24.1 Å². The number of carboxylic acids is 1. The van der Waals surface area contributed by atoms with Crippen LogP contribution in [-0.4, -0.2) is 29.8 Å². The molecular formula is C19H22N2O4. The highest BCUT2D eigenvalue weighted by molar-refractivity contribution is 5.79. The molecule has 0 aliphatic rings. The molecule has 6 nitrogen and oxygen atoms in total. The number of amides is 1. The third-order valence-electron chi connectivity index (χ3n) is 3.58. The molecule has 3 N–H and O–H groups in total. The van der Waals surface area contributed by atoms with Gasteiger partial charge in [-0.2, -0.15) is 0 Å². The number of carboxylic acid groups (broad SMARTS) is 1. The first-order chi connectivity index (χ1) is 12.1. The lowest BCUT2D eigenvalue weighted by molar-refractivity contribution is -0.139. The number of nitrogens with one attached hydrogen (secondary N) is 2. The van der Waals surface area contributed by atoms with Gasteiger partial charge in [-0.25, -0.2) is 9.59 Å². The highest BCUT2D eigenvalue weighted by Gasteiger charge is 2.20. The van der Waals surface area contributed by atoms with E-state index in [-0.39, 0.29) is 13.0 Å². The second-order valence-corrected chi connectivity index (χ2v) is 5.55. The maximum absolute atomic E-state index is 11.8. The number of ether oxygens (including phenoxy) is 1. The number of aliphatic carboxylic acids is 1. The highest BCUT2D eigenvalue weighted by Crippen LogP contribution is 2.02. The Labute approximate surface area is 146 Å². The van der Waals surface area contributed by atoms with Crippen LogP contribution in [0.2, 0.25) is 0 Å². The summed E-state index contributed by atoms with van der Waals surface area (Å²) in [5.74, 6) is -1.09. The van der Waals surface area contributed by atoms with Crippen LogP contribution in [0.5, 0.6) is 0 Å². The van der Waals surface area contributed by atoms with Gasteiger partial charge in [0, 0.05) is 6.54 Å². The Morgan fingerprint density at radius 2 is 1.56 bits per heavy atom. The zero-order valence-electron chi connectivity index (χ0n) is 13.9. The van der Waals surface area contributed by atoms with Crippen molar-refractivity contribution in [2.45, 2.75) is 25.6 Å². The topological polar surface area (TPSA) is 87.7 Å². The molecule has 0 aliphatic heterocycles. The van der Waals surface area contributed by atoms with Crippen LogP contribution in [-0.2, 0) is 22.7 Å².